The van der Waals surface area contributed by atoms with Crippen LogP contribution in [0.25, 0.3) is 0 Å². The lowest BCUT2D eigenvalue weighted by Gasteiger charge is -2.43. The summed E-state index contributed by atoms with van der Waals surface area (Å²) in [6, 6.07) is 10.0. The van der Waals surface area contributed by atoms with Crippen LogP contribution in [0, 0.1) is 12.3 Å². The number of unbranched alkanes of at least 4 members (excludes halogenated alkanes) is 1. The van der Waals surface area contributed by atoms with Crippen LogP contribution < -0.4 is 14.5 Å². The van der Waals surface area contributed by atoms with Crippen LogP contribution in [0.3, 0.4) is 0 Å². The summed E-state index contributed by atoms with van der Waals surface area (Å²) in [4.78, 5) is 24.3. The third-order valence-corrected chi connectivity index (χ3v) is 9.19. The van der Waals surface area contributed by atoms with Crippen LogP contribution in [0.5, 0.6) is 5.75 Å². The minimum atomic E-state index is -0.652. The molecule has 1 amide bonds. The third kappa shape index (κ3) is 5.47. The van der Waals surface area contributed by atoms with Gasteiger partial charge in [-0.3, -0.25) is 9.69 Å². The van der Waals surface area contributed by atoms with Gasteiger partial charge in [0.05, 0.1) is 11.9 Å². The fraction of sp³-hybridized carbons (Fsp3) is 0.500. The Bertz CT molecular complexity index is 1280. The van der Waals surface area contributed by atoms with E-state index >= 15 is 0 Å². The maximum Gasteiger partial charge on any atom is 0.259 e. The van der Waals surface area contributed by atoms with Crippen molar-refractivity contribution >= 4 is 53.1 Å². The van der Waals surface area contributed by atoms with Crippen molar-refractivity contribution in [2.45, 2.75) is 75.3 Å². The predicted octanol–water partition coefficient (Wildman–Crippen LogP) is 5.69. The first-order valence-corrected chi connectivity index (χ1v) is 15.5. The Labute approximate surface area is 242 Å². The SMILES string of the molecule is C#Cc1ncc(N2C(=O)C3(CCC3)N(c3ccc(OC4CCN(CCCC)CC4)cc3)C2=S)cc1C(C)(P)P. The van der Waals surface area contributed by atoms with Crippen LogP contribution in [0.2, 0.25) is 0 Å². The number of nitrogens with zero attached hydrogens (tertiary/aromatic N) is 4. The van der Waals surface area contributed by atoms with Gasteiger partial charge in [-0.05, 0) is 100 Å². The standard InChI is InChI=1S/C30H38N4O2P2S/c1-4-6-16-32-17-12-24(13-18-32)36-23-10-8-21(9-11-23)34-28(39)33(27(35)30(34)14-7-15-30)22-19-25(29(3,37)38)26(5-2)31-20-22/h2,8-11,19-20,24H,4,6-7,12-18,37-38H2,1,3H3. The molecule has 39 heavy (non-hydrogen) atoms. The molecular weight excluding hydrogens is 542 g/mol. The molecule has 2 saturated heterocycles. The van der Waals surface area contributed by atoms with Crippen molar-refractivity contribution < 1.29 is 9.53 Å². The molecule has 1 aromatic heterocycles. The summed E-state index contributed by atoms with van der Waals surface area (Å²) in [6.45, 7) is 7.63. The molecule has 3 fully saturated rings. The van der Waals surface area contributed by atoms with Crippen LogP contribution in [0.1, 0.15) is 70.1 Å². The van der Waals surface area contributed by atoms with Crippen molar-refractivity contribution in [1.82, 2.24) is 9.88 Å². The number of amides is 1. The van der Waals surface area contributed by atoms with E-state index in [1.807, 2.05) is 42.2 Å². The zero-order valence-corrected chi connectivity index (χ0v) is 26.0. The number of anilines is 2. The molecule has 2 aromatic rings. The number of piperidine rings is 1. The number of hydrogen-bond acceptors (Lipinski definition) is 5. The topological polar surface area (TPSA) is 48.9 Å². The Morgan fingerprint density at radius 3 is 2.46 bits per heavy atom. The largest absolute Gasteiger partial charge is 0.490 e. The lowest BCUT2D eigenvalue weighted by atomic mass is 9.75. The molecule has 1 saturated carbocycles. The second-order valence-corrected chi connectivity index (χ2v) is 14.6. The fourth-order valence-electron chi connectivity index (χ4n) is 5.81. The van der Waals surface area contributed by atoms with Gasteiger partial charge in [-0.25, -0.2) is 4.98 Å². The van der Waals surface area contributed by atoms with Gasteiger partial charge in [0.1, 0.15) is 23.1 Å². The molecule has 1 aromatic carbocycles. The molecule has 6 nitrogen and oxygen atoms in total. The number of hydrogen-bond donors (Lipinski definition) is 0. The molecule has 2 unspecified atom stereocenters. The normalized spacial score (nSPS) is 19.9. The third-order valence-electron chi connectivity index (χ3n) is 8.20. The molecule has 0 N–H and O–H groups in total. The summed E-state index contributed by atoms with van der Waals surface area (Å²) in [5.41, 5.74) is 2.32. The zero-order chi connectivity index (χ0) is 27.8. The predicted molar refractivity (Wildman–Crippen MR) is 170 cm³/mol. The van der Waals surface area contributed by atoms with Crippen molar-refractivity contribution in [3.05, 3.63) is 47.8 Å². The van der Waals surface area contributed by atoms with Crippen molar-refractivity contribution in [2.75, 3.05) is 29.4 Å². The highest BCUT2D eigenvalue weighted by Gasteiger charge is 2.59. The van der Waals surface area contributed by atoms with Gasteiger partial charge in [0, 0.05) is 29.2 Å². The average molecular weight is 581 g/mol. The van der Waals surface area contributed by atoms with E-state index in [9.17, 15) is 4.79 Å². The second kappa shape index (κ2) is 11.4. The highest BCUT2D eigenvalue weighted by atomic mass is 32.1. The van der Waals surface area contributed by atoms with Gasteiger partial charge in [0.25, 0.3) is 5.91 Å². The first-order valence-electron chi connectivity index (χ1n) is 13.9. The lowest BCUT2D eigenvalue weighted by Crippen LogP contribution is -2.55. The molecule has 1 spiro atoms. The Hall–Kier alpha value is -2.09. The van der Waals surface area contributed by atoms with Gasteiger partial charge >= 0.3 is 0 Å². The van der Waals surface area contributed by atoms with Gasteiger partial charge < -0.3 is 14.5 Å². The Balaban J connectivity index is 1.35. The summed E-state index contributed by atoms with van der Waals surface area (Å²) < 4.78 is 6.34. The highest BCUT2D eigenvalue weighted by Crippen LogP contribution is 2.49. The van der Waals surface area contributed by atoms with E-state index < -0.39 is 5.54 Å². The van der Waals surface area contributed by atoms with E-state index in [-0.39, 0.29) is 16.9 Å². The molecular formula is C30H38N4O2P2S. The van der Waals surface area contributed by atoms with Crippen molar-refractivity contribution in [3.63, 3.8) is 0 Å². The number of aromatic nitrogens is 1. The summed E-state index contributed by atoms with van der Waals surface area (Å²) >= 11 is 5.97. The average Bonchev–Trinajstić information content (AvgIpc) is 3.14. The maximum absolute atomic E-state index is 13.9. The number of pyridine rings is 1. The monoisotopic (exact) mass is 580 g/mol. The molecule has 3 aliphatic rings. The molecule has 2 atom stereocenters. The summed E-state index contributed by atoms with van der Waals surface area (Å²) in [5.74, 6) is 3.53. The zero-order valence-electron chi connectivity index (χ0n) is 22.9. The molecule has 2 aliphatic heterocycles. The number of terminal acetylenes is 1. The molecule has 0 bridgehead atoms. The number of rotatable bonds is 8. The van der Waals surface area contributed by atoms with Gasteiger partial charge in [-0.1, -0.05) is 13.3 Å². The molecule has 9 heteroatoms. The molecule has 5 rings (SSSR count). The Morgan fingerprint density at radius 2 is 1.90 bits per heavy atom. The summed E-state index contributed by atoms with van der Waals surface area (Å²) in [6.07, 6.45) is 14.7. The van der Waals surface area contributed by atoms with E-state index in [2.05, 4.69) is 41.2 Å². The molecule has 1 aliphatic carbocycles. The quantitative estimate of drug-likeness (QED) is 0.227. The minimum absolute atomic E-state index is 0.00401. The minimum Gasteiger partial charge on any atom is -0.490 e. The van der Waals surface area contributed by atoms with Crippen LogP contribution in [0.4, 0.5) is 11.4 Å². The van der Waals surface area contributed by atoms with Crippen LogP contribution in [-0.2, 0) is 9.69 Å². The van der Waals surface area contributed by atoms with Gasteiger partial charge in [0.2, 0.25) is 0 Å². The van der Waals surface area contributed by atoms with Gasteiger partial charge in [-0.15, -0.1) is 24.9 Å². The van der Waals surface area contributed by atoms with Gasteiger partial charge in [-0.2, -0.15) is 0 Å². The van der Waals surface area contributed by atoms with Crippen LogP contribution in [0.15, 0.2) is 36.5 Å². The van der Waals surface area contributed by atoms with E-state index in [1.165, 1.54) is 19.4 Å². The summed E-state index contributed by atoms with van der Waals surface area (Å²) in [5, 5.41) is 0.475. The lowest BCUT2D eigenvalue weighted by molar-refractivity contribution is -0.123. The van der Waals surface area contributed by atoms with Crippen LogP contribution in [-0.4, -0.2) is 52.2 Å². The van der Waals surface area contributed by atoms with E-state index in [4.69, 9.17) is 23.4 Å². The number of benzene rings is 1. The second-order valence-electron chi connectivity index (χ2n) is 11.2. The van der Waals surface area contributed by atoms with Crippen LogP contribution >= 0.6 is 30.7 Å². The van der Waals surface area contributed by atoms with Crippen molar-refractivity contribution in [1.29, 1.82) is 0 Å². The van der Waals surface area contributed by atoms with E-state index in [0.29, 0.717) is 16.5 Å². The number of likely N-dealkylation sites (tertiary alicyclic amines) is 1. The summed E-state index contributed by atoms with van der Waals surface area (Å²) in [7, 11) is 5.55. The maximum atomic E-state index is 13.9. The number of ether oxygens (including phenoxy) is 1. The van der Waals surface area contributed by atoms with Gasteiger partial charge in [0.15, 0.2) is 5.11 Å². The first kappa shape index (κ1) is 28.4. The van der Waals surface area contributed by atoms with Crippen molar-refractivity contribution in [3.8, 4) is 18.1 Å². The first-order chi connectivity index (χ1) is 18.7. The van der Waals surface area contributed by atoms with E-state index in [0.717, 1.165) is 62.2 Å². The Morgan fingerprint density at radius 1 is 1.21 bits per heavy atom. The smallest absolute Gasteiger partial charge is 0.259 e. The van der Waals surface area contributed by atoms with E-state index in [1.54, 1.807) is 11.1 Å². The Kier molecular flexibility index (Phi) is 8.33. The number of carbonyl (C=O) groups is 1. The van der Waals surface area contributed by atoms with Crippen molar-refractivity contribution in [2.24, 2.45) is 0 Å². The highest BCUT2D eigenvalue weighted by molar-refractivity contribution is 7.81. The molecule has 0 radical (unpaired) electrons. The molecule has 3 heterocycles. The number of carbonyl (C=O) groups excluding carboxylic acids is 1. The number of thiocarbonyl (C=S) groups is 1. The molecule has 206 valence electrons. The fourth-order valence-corrected chi connectivity index (χ4v) is 6.72.